The van der Waals surface area contributed by atoms with E-state index < -0.39 is 17.9 Å². The first kappa shape index (κ1) is 17.6. The topological polar surface area (TPSA) is 76.7 Å². The molecule has 2 N–H and O–H groups in total. The molecule has 2 amide bonds. The van der Waals surface area contributed by atoms with Gasteiger partial charge in [0, 0.05) is 10.6 Å². The SMILES string of the molecule is COc1ccccc1OC(C)C(=O)NNC(=O)c1ccc(Cl)cc1. The molecule has 2 rings (SSSR count). The number of benzene rings is 2. The molecule has 0 aromatic heterocycles. The lowest BCUT2D eigenvalue weighted by Crippen LogP contribution is -2.47. The number of nitrogens with one attached hydrogen (secondary N) is 2. The van der Waals surface area contributed by atoms with Gasteiger partial charge in [-0.3, -0.25) is 20.4 Å². The van der Waals surface area contributed by atoms with Crippen LogP contribution in [-0.2, 0) is 4.79 Å². The number of hydrogen-bond donors (Lipinski definition) is 2. The molecule has 1 unspecified atom stereocenters. The lowest BCUT2D eigenvalue weighted by Gasteiger charge is -2.16. The van der Waals surface area contributed by atoms with Crippen LogP contribution in [0.1, 0.15) is 17.3 Å². The van der Waals surface area contributed by atoms with Crippen LogP contribution in [0.3, 0.4) is 0 Å². The molecule has 24 heavy (non-hydrogen) atoms. The zero-order chi connectivity index (χ0) is 17.5. The molecule has 0 saturated carbocycles. The number of carbonyl (C=O) groups excluding carboxylic acids is 2. The Morgan fingerprint density at radius 2 is 1.62 bits per heavy atom. The van der Waals surface area contributed by atoms with Gasteiger partial charge in [0.1, 0.15) is 0 Å². The molecule has 1 atom stereocenters. The van der Waals surface area contributed by atoms with Crippen LogP contribution in [0.2, 0.25) is 5.02 Å². The van der Waals surface area contributed by atoms with E-state index in [0.29, 0.717) is 22.1 Å². The van der Waals surface area contributed by atoms with Crippen LogP contribution < -0.4 is 20.3 Å². The summed E-state index contributed by atoms with van der Waals surface area (Å²) in [6.07, 6.45) is -0.827. The first-order valence-corrected chi connectivity index (χ1v) is 7.54. The average Bonchev–Trinajstić information content (AvgIpc) is 2.60. The highest BCUT2D eigenvalue weighted by molar-refractivity contribution is 6.30. The first-order chi connectivity index (χ1) is 11.5. The predicted octanol–water partition coefficient (Wildman–Crippen LogP) is 2.58. The minimum absolute atomic E-state index is 0.373. The third-order valence-corrected chi connectivity index (χ3v) is 3.40. The van der Waals surface area contributed by atoms with E-state index in [1.165, 1.54) is 7.11 Å². The second-order valence-electron chi connectivity index (χ2n) is 4.86. The molecule has 0 radical (unpaired) electrons. The van der Waals surface area contributed by atoms with E-state index in [2.05, 4.69) is 10.9 Å². The van der Waals surface area contributed by atoms with Crippen LogP contribution in [0.5, 0.6) is 11.5 Å². The first-order valence-electron chi connectivity index (χ1n) is 7.16. The zero-order valence-corrected chi connectivity index (χ0v) is 14.0. The van der Waals surface area contributed by atoms with Gasteiger partial charge in [-0.05, 0) is 43.3 Å². The quantitative estimate of drug-likeness (QED) is 0.814. The van der Waals surface area contributed by atoms with Gasteiger partial charge < -0.3 is 9.47 Å². The molecule has 7 heteroatoms. The van der Waals surface area contributed by atoms with Gasteiger partial charge in [0.25, 0.3) is 11.8 Å². The molecule has 0 aliphatic heterocycles. The minimum Gasteiger partial charge on any atom is -0.493 e. The van der Waals surface area contributed by atoms with Crippen LogP contribution in [0.25, 0.3) is 0 Å². The van der Waals surface area contributed by atoms with Crippen LogP contribution in [-0.4, -0.2) is 25.0 Å². The summed E-state index contributed by atoms with van der Waals surface area (Å²) in [5, 5.41) is 0.523. The number of ether oxygens (including phenoxy) is 2. The van der Waals surface area contributed by atoms with Crippen molar-refractivity contribution in [1.82, 2.24) is 10.9 Å². The molecule has 6 nitrogen and oxygen atoms in total. The lowest BCUT2D eigenvalue weighted by molar-refractivity contribution is -0.128. The number of carbonyl (C=O) groups is 2. The zero-order valence-electron chi connectivity index (χ0n) is 13.2. The molecule has 126 valence electrons. The number of para-hydroxylation sites is 2. The van der Waals surface area contributed by atoms with Crippen molar-refractivity contribution < 1.29 is 19.1 Å². The third kappa shape index (κ3) is 4.63. The summed E-state index contributed by atoms with van der Waals surface area (Å²) in [5.41, 5.74) is 5.01. The van der Waals surface area contributed by atoms with Gasteiger partial charge in [-0.25, -0.2) is 0 Å². The molecule has 0 aliphatic rings. The molecule has 0 heterocycles. The monoisotopic (exact) mass is 348 g/mol. The summed E-state index contributed by atoms with van der Waals surface area (Å²) >= 11 is 5.76. The highest BCUT2D eigenvalue weighted by Gasteiger charge is 2.17. The molecular formula is C17H17ClN2O4. The minimum atomic E-state index is -0.827. The second kappa shape index (κ2) is 8.21. The standard InChI is InChI=1S/C17H17ClN2O4/c1-11(24-15-6-4-3-5-14(15)23-2)16(21)19-20-17(22)12-7-9-13(18)10-8-12/h3-11H,1-2H3,(H,19,21)(H,20,22). The van der Waals surface area contributed by atoms with Crippen molar-refractivity contribution in [2.45, 2.75) is 13.0 Å². The van der Waals surface area contributed by atoms with Crippen molar-refractivity contribution >= 4 is 23.4 Å². The van der Waals surface area contributed by atoms with Crippen molar-refractivity contribution in [2.75, 3.05) is 7.11 Å². The summed E-state index contributed by atoms with van der Waals surface area (Å²) in [5.74, 6) is 0.00163. The summed E-state index contributed by atoms with van der Waals surface area (Å²) in [6, 6.07) is 13.3. The highest BCUT2D eigenvalue weighted by Crippen LogP contribution is 2.26. The number of hydrogen-bond acceptors (Lipinski definition) is 4. The Kier molecular flexibility index (Phi) is 6.03. The van der Waals surface area contributed by atoms with Crippen molar-refractivity contribution in [1.29, 1.82) is 0 Å². The Morgan fingerprint density at radius 3 is 2.25 bits per heavy atom. The Hall–Kier alpha value is -2.73. The van der Waals surface area contributed by atoms with Gasteiger partial charge in [-0.2, -0.15) is 0 Å². The molecular weight excluding hydrogens is 332 g/mol. The van der Waals surface area contributed by atoms with Crippen LogP contribution in [0.15, 0.2) is 48.5 Å². The lowest BCUT2D eigenvalue weighted by atomic mass is 10.2. The summed E-state index contributed by atoms with van der Waals surface area (Å²) < 4.78 is 10.7. The molecule has 0 aliphatic carbocycles. The normalized spacial score (nSPS) is 11.3. The number of hydrazine groups is 1. The smallest absolute Gasteiger partial charge is 0.279 e. The van der Waals surface area contributed by atoms with E-state index in [0.717, 1.165) is 0 Å². The van der Waals surface area contributed by atoms with Crippen molar-refractivity contribution in [2.24, 2.45) is 0 Å². The number of methoxy groups -OCH3 is 1. The number of amides is 2. The Labute approximate surface area is 144 Å². The largest absolute Gasteiger partial charge is 0.493 e. The van der Waals surface area contributed by atoms with E-state index in [9.17, 15) is 9.59 Å². The predicted molar refractivity (Wildman–Crippen MR) is 90.1 cm³/mol. The number of halogens is 1. The van der Waals surface area contributed by atoms with Crippen LogP contribution in [0, 0.1) is 0 Å². The van der Waals surface area contributed by atoms with Gasteiger partial charge in [0.15, 0.2) is 17.6 Å². The Morgan fingerprint density at radius 1 is 1.00 bits per heavy atom. The Bertz CT molecular complexity index is 719. The van der Waals surface area contributed by atoms with Gasteiger partial charge in [-0.1, -0.05) is 23.7 Å². The van der Waals surface area contributed by atoms with E-state index in [1.807, 2.05) is 0 Å². The summed E-state index contributed by atoms with van der Waals surface area (Å²) in [4.78, 5) is 23.9. The number of rotatable bonds is 5. The van der Waals surface area contributed by atoms with Crippen LogP contribution >= 0.6 is 11.6 Å². The van der Waals surface area contributed by atoms with Crippen molar-refractivity contribution in [3.63, 3.8) is 0 Å². The second-order valence-corrected chi connectivity index (χ2v) is 5.30. The molecule has 0 saturated heterocycles. The fraction of sp³-hybridized carbons (Fsp3) is 0.176. The van der Waals surface area contributed by atoms with E-state index in [1.54, 1.807) is 55.5 Å². The molecule has 0 fully saturated rings. The van der Waals surface area contributed by atoms with Gasteiger partial charge in [0.2, 0.25) is 0 Å². The highest BCUT2D eigenvalue weighted by atomic mass is 35.5. The van der Waals surface area contributed by atoms with Gasteiger partial charge in [0.05, 0.1) is 7.11 Å². The maximum absolute atomic E-state index is 12.0. The fourth-order valence-electron chi connectivity index (χ4n) is 1.85. The Balaban J connectivity index is 1.89. The summed E-state index contributed by atoms with van der Waals surface area (Å²) in [6.45, 7) is 1.57. The van der Waals surface area contributed by atoms with E-state index in [-0.39, 0.29) is 0 Å². The average molecular weight is 349 g/mol. The van der Waals surface area contributed by atoms with Gasteiger partial charge in [-0.15, -0.1) is 0 Å². The van der Waals surface area contributed by atoms with Crippen molar-refractivity contribution in [3.05, 3.63) is 59.1 Å². The maximum atomic E-state index is 12.0. The molecule has 2 aromatic rings. The molecule has 0 spiro atoms. The third-order valence-electron chi connectivity index (χ3n) is 3.15. The fourth-order valence-corrected chi connectivity index (χ4v) is 1.98. The molecule has 0 bridgehead atoms. The van der Waals surface area contributed by atoms with Crippen LogP contribution in [0.4, 0.5) is 0 Å². The van der Waals surface area contributed by atoms with Gasteiger partial charge >= 0.3 is 0 Å². The summed E-state index contributed by atoms with van der Waals surface area (Å²) in [7, 11) is 1.51. The molecule has 2 aromatic carbocycles. The maximum Gasteiger partial charge on any atom is 0.279 e. The van der Waals surface area contributed by atoms with E-state index in [4.69, 9.17) is 21.1 Å². The van der Waals surface area contributed by atoms with E-state index >= 15 is 0 Å². The van der Waals surface area contributed by atoms with Crippen molar-refractivity contribution in [3.8, 4) is 11.5 Å².